The van der Waals surface area contributed by atoms with Gasteiger partial charge in [0.15, 0.2) is 5.78 Å². The first-order valence-electron chi connectivity index (χ1n) is 4.75. The van der Waals surface area contributed by atoms with Gasteiger partial charge in [-0.3, -0.25) is 4.79 Å². The van der Waals surface area contributed by atoms with E-state index in [2.05, 4.69) is 15.9 Å². The second-order valence-corrected chi connectivity index (χ2v) is 4.88. The maximum Gasteiger partial charge on any atom is 0.418 e. The van der Waals surface area contributed by atoms with Crippen LogP contribution in [0.3, 0.4) is 0 Å². The number of thioether (sulfide) groups is 1. The number of rotatable bonds is 4. The van der Waals surface area contributed by atoms with Crippen molar-refractivity contribution in [3.05, 3.63) is 29.3 Å². The standard InChI is InChI=1S/C11H10BrF3OS/c1-17-9-4-2-3-7(8(16)5-6-12)10(9)11(13,14)15/h2-4H,5-6H2,1H3. The first-order valence-corrected chi connectivity index (χ1v) is 7.09. The van der Waals surface area contributed by atoms with Gasteiger partial charge in [-0.2, -0.15) is 13.2 Å². The van der Waals surface area contributed by atoms with E-state index >= 15 is 0 Å². The molecule has 0 atom stereocenters. The Bertz CT molecular complexity index is 418. The summed E-state index contributed by atoms with van der Waals surface area (Å²) < 4.78 is 38.8. The molecule has 17 heavy (non-hydrogen) atoms. The van der Waals surface area contributed by atoms with Crippen LogP contribution in [0.4, 0.5) is 13.2 Å². The predicted octanol–water partition coefficient (Wildman–Crippen LogP) is 4.40. The van der Waals surface area contributed by atoms with Crippen molar-refractivity contribution in [2.24, 2.45) is 0 Å². The zero-order chi connectivity index (χ0) is 13.1. The molecule has 0 unspecified atom stereocenters. The minimum atomic E-state index is -4.50. The van der Waals surface area contributed by atoms with Crippen molar-refractivity contribution in [1.82, 2.24) is 0 Å². The van der Waals surface area contributed by atoms with Gasteiger partial charge in [-0.15, -0.1) is 11.8 Å². The van der Waals surface area contributed by atoms with Crippen molar-refractivity contribution in [2.75, 3.05) is 11.6 Å². The van der Waals surface area contributed by atoms with E-state index in [9.17, 15) is 18.0 Å². The molecule has 0 fully saturated rings. The van der Waals surface area contributed by atoms with Crippen molar-refractivity contribution in [1.29, 1.82) is 0 Å². The normalized spacial score (nSPS) is 11.6. The summed E-state index contributed by atoms with van der Waals surface area (Å²) in [6.45, 7) is 0. The van der Waals surface area contributed by atoms with E-state index in [1.165, 1.54) is 18.2 Å². The lowest BCUT2D eigenvalue weighted by molar-refractivity contribution is -0.140. The number of carbonyl (C=O) groups is 1. The van der Waals surface area contributed by atoms with Crippen LogP contribution in [0.25, 0.3) is 0 Å². The summed E-state index contributed by atoms with van der Waals surface area (Å²) in [5.41, 5.74) is -1.07. The lowest BCUT2D eigenvalue weighted by Crippen LogP contribution is -2.14. The second-order valence-electron chi connectivity index (χ2n) is 3.24. The highest BCUT2D eigenvalue weighted by molar-refractivity contribution is 9.09. The molecule has 0 saturated heterocycles. The van der Waals surface area contributed by atoms with Gasteiger partial charge in [-0.05, 0) is 12.3 Å². The number of halogens is 4. The molecule has 1 nitrogen and oxygen atoms in total. The van der Waals surface area contributed by atoms with Crippen LogP contribution in [0.15, 0.2) is 23.1 Å². The van der Waals surface area contributed by atoms with E-state index < -0.39 is 17.5 Å². The van der Waals surface area contributed by atoms with Crippen LogP contribution in [-0.4, -0.2) is 17.4 Å². The Hall–Kier alpha value is -0.490. The average molecular weight is 327 g/mol. The molecule has 6 heteroatoms. The van der Waals surface area contributed by atoms with Gasteiger partial charge >= 0.3 is 6.18 Å². The van der Waals surface area contributed by atoms with E-state index in [1.54, 1.807) is 6.26 Å². The van der Waals surface area contributed by atoms with Crippen molar-refractivity contribution in [2.45, 2.75) is 17.5 Å². The summed E-state index contributed by atoms with van der Waals surface area (Å²) in [5.74, 6) is -0.495. The van der Waals surface area contributed by atoms with E-state index in [1.807, 2.05) is 0 Å². The second kappa shape index (κ2) is 5.91. The monoisotopic (exact) mass is 326 g/mol. The largest absolute Gasteiger partial charge is 0.418 e. The van der Waals surface area contributed by atoms with E-state index in [4.69, 9.17) is 0 Å². The smallest absolute Gasteiger partial charge is 0.294 e. The lowest BCUT2D eigenvalue weighted by atomic mass is 10.0. The quantitative estimate of drug-likeness (QED) is 0.463. The van der Waals surface area contributed by atoms with Crippen molar-refractivity contribution < 1.29 is 18.0 Å². The first-order chi connectivity index (χ1) is 7.91. The average Bonchev–Trinajstić information content (AvgIpc) is 2.27. The minimum absolute atomic E-state index is 0.0565. The Morgan fingerprint density at radius 2 is 2.06 bits per heavy atom. The predicted molar refractivity (Wildman–Crippen MR) is 66.0 cm³/mol. The molecule has 0 spiro atoms. The van der Waals surface area contributed by atoms with Crippen LogP contribution in [0.1, 0.15) is 22.3 Å². The third kappa shape index (κ3) is 3.48. The number of hydrogen-bond donors (Lipinski definition) is 0. The molecule has 94 valence electrons. The summed E-state index contributed by atoms with van der Waals surface area (Å²) in [5, 5.41) is 0.354. The van der Waals surface area contributed by atoms with Crippen LogP contribution < -0.4 is 0 Å². The molecule has 1 aromatic carbocycles. The van der Waals surface area contributed by atoms with Crippen LogP contribution >= 0.6 is 27.7 Å². The van der Waals surface area contributed by atoms with Gasteiger partial charge in [0.2, 0.25) is 0 Å². The SMILES string of the molecule is CSc1cccc(C(=O)CCBr)c1C(F)(F)F. The van der Waals surface area contributed by atoms with Crippen LogP contribution in [0.5, 0.6) is 0 Å². The van der Waals surface area contributed by atoms with Gasteiger partial charge in [0.1, 0.15) is 0 Å². The molecule has 0 saturated carbocycles. The summed E-state index contributed by atoms with van der Waals surface area (Å²) in [6, 6.07) is 4.08. The van der Waals surface area contributed by atoms with E-state index in [-0.39, 0.29) is 16.9 Å². The third-order valence-electron chi connectivity index (χ3n) is 2.15. The van der Waals surface area contributed by atoms with Crippen molar-refractivity contribution in [3.8, 4) is 0 Å². The molecule has 0 aromatic heterocycles. The van der Waals surface area contributed by atoms with E-state index in [0.717, 1.165) is 11.8 Å². The van der Waals surface area contributed by atoms with Crippen molar-refractivity contribution in [3.63, 3.8) is 0 Å². The molecular formula is C11H10BrF3OS. The molecular weight excluding hydrogens is 317 g/mol. The molecule has 0 radical (unpaired) electrons. The highest BCUT2D eigenvalue weighted by Gasteiger charge is 2.37. The number of benzene rings is 1. The molecule has 0 bridgehead atoms. The first kappa shape index (κ1) is 14.6. The zero-order valence-corrected chi connectivity index (χ0v) is 11.4. The number of alkyl halides is 4. The van der Waals surface area contributed by atoms with Crippen LogP contribution in [0, 0.1) is 0 Å². The minimum Gasteiger partial charge on any atom is -0.294 e. The number of ketones is 1. The van der Waals surface area contributed by atoms with Crippen LogP contribution in [0.2, 0.25) is 0 Å². The Balaban J connectivity index is 3.35. The van der Waals surface area contributed by atoms with E-state index in [0.29, 0.717) is 5.33 Å². The van der Waals surface area contributed by atoms with Gasteiger partial charge < -0.3 is 0 Å². The fourth-order valence-corrected chi connectivity index (χ4v) is 2.45. The maximum absolute atomic E-state index is 12.9. The Kier molecular flexibility index (Phi) is 5.06. The highest BCUT2D eigenvalue weighted by Crippen LogP contribution is 2.38. The number of carbonyl (C=O) groups excluding carboxylic acids is 1. The summed E-state index contributed by atoms with van der Waals surface area (Å²) in [7, 11) is 0. The number of hydrogen-bond acceptors (Lipinski definition) is 2. The van der Waals surface area contributed by atoms with Gasteiger partial charge in [-0.1, -0.05) is 28.1 Å². The van der Waals surface area contributed by atoms with Crippen LogP contribution in [-0.2, 0) is 6.18 Å². The van der Waals surface area contributed by atoms with Gasteiger partial charge in [0.05, 0.1) is 5.56 Å². The maximum atomic E-state index is 12.9. The third-order valence-corrected chi connectivity index (χ3v) is 3.33. The fourth-order valence-electron chi connectivity index (χ4n) is 1.45. The Labute approximate surface area is 110 Å². The molecule has 0 aliphatic heterocycles. The summed E-state index contributed by atoms with van der Waals surface area (Å²) >= 11 is 4.04. The molecule has 1 aromatic rings. The van der Waals surface area contributed by atoms with Gasteiger partial charge in [-0.25, -0.2) is 0 Å². The number of Topliss-reactive ketones (excluding diaryl/α,β-unsaturated/α-hetero) is 1. The molecule has 0 aliphatic carbocycles. The van der Waals surface area contributed by atoms with Gasteiger partial charge in [0, 0.05) is 22.2 Å². The zero-order valence-electron chi connectivity index (χ0n) is 8.97. The molecule has 0 aliphatic rings. The molecule has 0 amide bonds. The van der Waals surface area contributed by atoms with Crippen molar-refractivity contribution >= 4 is 33.5 Å². The Morgan fingerprint density at radius 3 is 2.53 bits per heavy atom. The summed E-state index contributed by atoms with van der Waals surface area (Å²) in [4.78, 5) is 11.7. The fraction of sp³-hybridized carbons (Fsp3) is 0.364. The summed E-state index contributed by atoms with van der Waals surface area (Å²) in [6.07, 6.45) is -2.89. The van der Waals surface area contributed by atoms with Gasteiger partial charge in [0.25, 0.3) is 0 Å². The molecule has 0 heterocycles. The highest BCUT2D eigenvalue weighted by atomic mass is 79.9. The Morgan fingerprint density at radius 1 is 1.41 bits per heavy atom. The lowest BCUT2D eigenvalue weighted by Gasteiger charge is -2.15. The molecule has 0 N–H and O–H groups in total. The topological polar surface area (TPSA) is 17.1 Å². The molecule has 1 rings (SSSR count).